The highest BCUT2D eigenvalue weighted by Crippen LogP contribution is 2.38. The molecule has 1 aliphatic carbocycles. The van der Waals surface area contributed by atoms with Crippen molar-refractivity contribution in [2.45, 2.75) is 102 Å². The minimum absolute atomic E-state index is 0.0216. The molecule has 5 aromatic rings. The number of methoxy groups -OCH3 is 1. The molecule has 3 unspecified atom stereocenters. The molecule has 1 heterocycles. The van der Waals surface area contributed by atoms with E-state index in [0.717, 1.165) is 107 Å². The monoisotopic (exact) mass is 850 g/mol. The van der Waals surface area contributed by atoms with Crippen LogP contribution in [0.4, 0.5) is 0 Å². The number of benzene rings is 4. The molecule has 0 amide bonds. The third-order valence-corrected chi connectivity index (χ3v) is 11.8. The Balaban J connectivity index is 0.985. The van der Waals surface area contributed by atoms with E-state index in [1.807, 2.05) is 35.2 Å². The van der Waals surface area contributed by atoms with Gasteiger partial charge in [-0.3, -0.25) is 4.57 Å². The van der Waals surface area contributed by atoms with Crippen LogP contribution in [0.25, 0.3) is 0 Å². The van der Waals surface area contributed by atoms with Gasteiger partial charge in [0.1, 0.15) is 5.75 Å². The van der Waals surface area contributed by atoms with Gasteiger partial charge in [0.25, 0.3) is 0 Å². The molecule has 11 heteroatoms. The molecule has 0 saturated heterocycles. The molecule has 61 heavy (non-hydrogen) atoms. The van der Waals surface area contributed by atoms with E-state index in [1.54, 1.807) is 19.2 Å². The molecule has 3 N–H and O–H groups in total. The van der Waals surface area contributed by atoms with Crippen molar-refractivity contribution in [3.63, 3.8) is 0 Å². The van der Waals surface area contributed by atoms with Gasteiger partial charge in [0.15, 0.2) is 30.4 Å². The number of hydrogen-bond donors (Lipinski definition) is 3. The van der Waals surface area contributed by atoms with Crippen molar-refractivity contribution in [1.82, 2.24) is 5.32 Å². The van der Waals surface area contributed by atoms with E-state index in [1.165, 1.54) is 30.0 Å². The van der Waals surface area contributed by atoms with Crippen LogP contribution < -0.4 is 28.8 Å². The summed E-state index contributed by atoms with van der Waals surface area (Å²) in [6.07, 6.45) is 15.9. The Kier molecular flexibility index (Phi) is 18.2. The molecular formula is C50H63N2O8P. The quantitative estimate of drug-likeness (QED) is 0.0284. The van der Waals surface area contributed by atoms with Gasteiger partial charge in [-0.1, -0.05) is 85.6 Å². The van der Waals surface area contributed by atoms with Crippen molar-refractivity contribution in [3.05, 3.63) is 155 Å². The summed E-state index contributed by atoms with van der Waals surface area (Å²) in [4.78, 5) is 21.6. The van der Waals surface area contributed by atoms with Crippen LogP contribution in [0.5, 0.6) is 17.2 Å². The first-order chi connectivity index (χ1) is 29.7. The number of unbranched alkanes of at least 4 members (excludes halogenated alkanes) is 4. The van der Waals surface area contributed by atoms with Gasteiger partial charge < -0.3 is 38.9 Å². The zero-order valence-corrected chi connectivity index (χ0v) is 36.4. The normalized spacial score (nSPS) is 15.0. The van der Waals surface area contributed by atoms with Gasteiger partial charge in [0, 0.05) is 37.8 Å². The molecule has 326 valence electrons. The largest absolute Gasteiger partial charge is 0.746 e. The van der Waals surface area contributed by atoms with Gasteiger partial charge >= 0.3 is 7.82 Å². The number of ether oxygens (including phenoxy) is 3. The number of pyridine rings is 1. The van der Waals surface area contributed by atoms with E-state index in [9.17, 15) is 19.5 Å². The van der Waals surface area contributed by atoms with Crippen molar-refractivity contribution in [2.75, 3.05) is 33.4 Å². The maximum Gasteiger partial charge on any atom is 0.317 e. The Morgan fingerprint density at radius 1 is 0.754 bits per heavy atom. The van der Waals surface area contributed by atoms with Gasteiger partial charge in [0.05, 0.1) is 24.9 Å². The van der Waals surface area contributed by atoms with E-state index in [4.69, 9.17) is 18.7 Å². The fourth-order valence-electron chi connectivity index (χ4n) is 8.03. The highest BCUT2D eigenvalue weighted by Gasteiger charge is 2.23. The lowest BCUT2D eigenvalue weighted by atomic mass is 9.86. The van der Waals surface area contributed by atoms with Crippen LogP contribution in [0.2, 0.25) is 0 Å². The number of nitrogens with one attached hydrogen (secondary N) is 1. The lowest BCUT2D eigenvalue weighted by Gasteiger charge is -2.22. The summed E-state index contributed by atoms with van der Waals surface area (Å²) in [7, 11) is -3.44. The summed E-state index contributed by atoms with van der Waals surface area (Å²) < 4.78 is 36.8. The lowest BCUT2D eigenvalue weighted by Crippen LogP contribution is -2.33. The number of aliphatic hydroxyl groups excluding tert-OH is 1. The van der Waals surface area contributed by atoms with Crippen molar-refractivity contribution >= 4 is 7.82 Å². The van der Waals surface area contributed by atoms with Crippen LogP contribution in [0, 0.1) is 0 Å². The van der Waals surface area contributed by atoms with Gasteiger partial charge in [-0.15, -0.1) is 0 Å². The molecule has 1 fully saturated rings. The number of aromatic nitrogens is 1. The first kappa shape index (κ1) is 46.0. The molecule has 0 radical (unpaired) electrons. The molecule has 10 nitrogen and oxygen atoms in total. The summed E-state index contributed by atoms with van der Waals surface area (Å²) in [6, 6.07) is 36.3. The Morgan fingerprint density at radius 2 is 1.43 bits per heavy atom. The topological polar surface area (TPSA) is 133 Å². The number of nitrogens with zero attached hydrogens (tertiary/aromatic N) is 1. The van der Waals surface area contributed by atoms with Crippen LogP contribution in [0.15, 0.2) is 122 Å². The Labute approximate surface area is 362 Å². The Bertz CT molecular complexity index is 2070. The second kappa shape index (κ2) is 24.2. The zero-order chi connectivity index (χ0) is 42.7. The molecule has 1 aromatic heterocycles. The van der Waals surface area contributed by atoms with Gasteiger partial charge in [-0.05, 0) is 123 Å². The van der Waals surface area contributed by atoms with Crippen molar-refractivity contribution < 1.29 is 42.8 Å². The van der Waals surface area contributed by atoms with Crippen LogP contribution in [0.1, 0.15) is 110 Å². The van der Waals surface area contributed by atoms with E-state index in [2.05, 4.69) is 78.1 Å². The van der Waals surface area contributed by atoms with E-state index in [-0.39, 0.29) is 24.3 Å². The fourth-order valence-corrected chi connectivity index (χ4v) is 8.44. The number of rotatable bonds is 26. The molecule has 6 rings (SSSR count). The summed E-state index contributed by atoms with van der Waals surface area (Å²) in [5, 5.41) is 14.3. The lowest BCUT2D eigenvalue weighted by molar-refractivity contribution is -0.688. The summed E-state index contributed by atoms with van der Waals surface area (Å²) >= 11 is 0. The molecule has 0 bridgehead atoms. The molecular weight excluding hydrogens is 788 g/mol. The number of phosphoric ester groups is 1. The zero-order valence-electron chi connectivity index (χ0n) is 35.5. The standard InChI is InChI=1S/C50H63N2O8P/c1-57-48-26-25-42(35-50(48)59-45-21-10-11-22-45)46(41-19-8-5-9-20-41)34-40-27-30-52(31-28-40)38-44-24-23-43(36-49(44)60-61(54,55)56)47(53)37-51-29-13-2-3-14-32-58-33-15-12-18-39-16-6-4-7-17-39/h4-9,16-17,19-20,23-28,30-31,35-36,45-47,51,53H,2-3,10-15,18,21-22,29,32-34,37-38H2,1H3,(H-,54,55,56). The average Bonchev–Trinajstić information content (AvgIpc) is 3.79. The van der Waals surface area contributed by atoms with Crippen molar-refractivity contribution in [3.8, 4) is 17.2 Å². The average molecular weight is 851 g/mol. The number of aryl methyl sites for hydroxylation is 1. The maximum atomic E-state index is 11.9. The highest BCUT2D eigenvalue weighted by atomic mass is 31.2. The molecule has 0 spiro atoms. The van der Waals surface area contributed by atoms with Crippen LogP contribution in [-0.2, 0) is 28.7 Å². The van der Waals surface area contributed by atoms with Crippen molar-refractivity contribution in [1.29, 1.82) is 0 Å². The van der Waals surface area contributed by atoms with Crippen molar-refractivity contribution in [2.24, 2.45) is 0 Å². The Hall–Kier alpha value is -4.54. The summed E-state index contributed by atoms with van der Waals surface area (Å²) in [5.74, 6) is 1.56. The van der Waals surface area contributed by atoms with Gasteiger partial charge in [0.2, 0.25) is 0 Å². The smallest absolute Gasteiger partial charge is 0.317 e. The first-order valence-corrected chi connectivity index (χ1v) is 23.5. The van der Waals surface area contributed by atoms with Crippen LogP contribution in [-0.4, -0.2) is 49.5 Å². The minimum atomic E-state index is -5.11. The van der Waals surface area contributed by atoms with Gasteiger partial charge in [-0.2, -0.15) is 0 Å². The van der Waals surface area contributed by atoms with E-state index < -0.39 is 13.9 Å². The second-order valence-electron chi connectivity index (χ2n) is 16.1. The van der Waals surface area contributed by atoms with E-state index >= 15 is 0 Å². The number of aliphatic hydroxyl groups is 1. The van der Waals surface area contributed by atoms with E-state index in [0.29, 0.717) is 17.7 Å². The molecule has 4 aromatic carbocycles. The molecule has 3 atom stereocenters. The predicted octanol–water partition coefficient (Wildman–Crippen LogP) is 8.79. The fraction of sp³-hybridized carbons (Fsp3) is 0.420. The van der Waals surface area contributed by atoms with Crippen LogP contribution in [0.3, 0.4) is 0 Å². The molecule has 0 aliphatic heterocycles. The van der Waals surface area contributed by atoms with Gasteiger partial charge in [-0.25, -0.2) is 4.57 Å². The third kappa shape index (κ3) is 15.4. The molecule has 1 aliphatic rings. The Morgan fingerprint density at radius 3 is 2.15 bits per heavy atom. The number of phosphoric acid groups is 1. The molecule has 1 saturated carbocycles. The first-order valence-electron chi connectivity index (χ1n) is 22.0. The SMILES string of the molecule is COc1ccc(C(Cc2cc[n+](Cc3ccc(C(O)CNCCCCCCOCCCCc4ccccc4)cc3OP(=O)([O-])O)cc2)c2ccccc2)cc1OC1CCCC1. The summed E-state index contributed by atoms with van der Waals surface area (Å²) in [6.45, 7) is 2.91. The third-order valence-electron chi connectivity index (χ3n) is 11.4. The minimum Gasteiger partial charge on any atom is -0.746 e. The second-order valence-corrected chi connectivity index (χ2v) is 17.2. The summed E-state index contributed by atoms with van der Waals surface area (Å²) in [5.41, 5.74) is 5.86. The predicted molar refractivity (Wildman–Crippen MR) is 237 cm³/mol. The maximum absolute atomic E-state index is 11.9. The number of hydrogen-bond acceptors (Lipinski definition) is 8. The highest BCUT2D eigenvalue weighted by molar-refractivity contribution is 7.45. The van der Waals surface area contributed by atoms with Crippen LogP contribution >= 0.6 is 7.82 Å².